The number of fused-ring (bicyclic) bond motifs is 1. The zero-order valence-corrected chi connectivity index (χ0v) is 11.6. The van der Waals surface area contributed by atoms with E-state index in [2.05, 4.69) is 20.0 Å². The summed E-state index contributed by atoms with van der Waals surface area (Å²) in [5.41, 5.74) is 0.257. The number of aliphatic carboxylic acids is 1. The van der Waals surface area contributed by atoms with E-state index >= 15 is 0 Å². The Labute approximate surface area is 116 Å². The van der Waals surface area contributed by atoms with Crippen molar-refractivity contribution in [3.63, 3.8) is 0 Å². The van der Waals surface area contributed by atoms with Crippen LogP contribution in [0, 0.1) is 12.3 Å². The molecule has 1 aliphatic rings. The van der Waals surface area contributed by atoms with Crippen molar-refractivity contribution in [1.82, 2.24) is 19.6 Å². The first-order valence-corrected chi connectivity index (χ1v) is 6.65. The molecule has 0 atom stereocenters. The molecule has 106 valence electrons. The van der Waals surface area contributed by atoms with Crippen LogP contribution < -0.4 is 4.90 Å². The molecule has 7 nitrogen and oxygen atoms in total. The normalized spacial score (nSPS) is 18.4. The standard InChI is InChI=1S/C13H17N5O2/c1-9-7-10(18-12(16-9)14-8-15-18)17-5-3-13(2,4-6-17)11(19)20/h7-8H,3-6H2,1-2H3,(H,19,20). The molecule has 0 unspecified atom stereocenters. The third-order valence-electron chi connectivity index (χ3n) is 4.07. The van der Waals surface area contributed by atoms with Crippen molar-refractivity contribution in [2.75, 3.05) is 18.0 Å². The Kier molecular flexibility index (Phi) is 2.84. The predicted molar refractivity (Wildman–Crippen MR) is 72.7 cm³/mol. The van der Waals surface area contributed by atoms with Crippen LogP contribution in [-0.2, 0) is 4.79 Å². The summed E-state index contributed by atoms with van der Waals surface area (Å²) in [5.74, 6) is 0.790. The summed E-state index contributed by atoms with van der Waals surface area (Å²) in [6.07, 6.45) is 2.73. The number of aryl methyl sites for hydroxylation is 1. The lowest BCUT2D eigenvalue weighted by Gasteiger charge is -2.37. The number of carbonyl (C=O) groups is 1. The van der Waals surface area contributed by atoms with Crippen LogP contribution in [0.4, 0.5) is 5.82 Å². The molecular weight excluding hydrogens is 258 g/mol. The summed E-state index contributed by atoms with van der Waals surface area (Å²) in [6, 6.07) is 1.96. The highest BCUT2D eigenvalue weighted by Gasteiger charge is 2.37. The lowest BCUT2D eigenvalue weighted by Crippen LogP contribution is -2.43. The van der Waals surface area contributed by atoms with Crippen LogP contribution in [0.1, 0.15) is 25.5 Å². The zero-order chi connectivity index (χ0) is 14.3. The number of carboxylic acid groups (broad SMARTS) is 1. The van der Waals surface area contributed by atoms with Gasteiger partial charge in [0.1, 0.15) is 12.1 Å². The van der Waals surface area contributed by atoms with Gasteiger partial charge in [0.05, 0.1) is 5.41 Å². The van der Waals surface area contributed by atoms with Gasteiger partial charge in [-0.15, -0.1) is 0 Å². The minimum absolute atomic E-state index is 0.576. The van der Waals surface area contributed by atoms with Crippen molar-refractivity contribution >= 4 is 17.6 Å². The van der Waals surface area contributed by atoms with Gasteiger partial charge < -0.3 is 10.0 Å². The zero-order valence-electron chi connectivity index (χ0n) is 11.6. The molecule has 0 saturated carbocycles. The number of rotatable bonds is 2. The molecule has 0 aromatic carbocycles. The van der Waals surface area contributed by atoms with Crippen molar-refractivity contribution < 1.29 is 9.90 Å². The van der Waals surface area contributed by atoms with Crippen LogP contribution in [0.25, 0.3) is 5.78 Å². The summed E-state index contributed by atoms with van der Waals surface area (Å²) < 4.78 is 1.70. The van der Waals surface area contributed by atoms with Gasteiger partial charge in [0.2, 0.25) is 0 Å². The van der Waals surface area contributed by atoms with Gasteiger partial charge in [0, 0.05) is 24.8 Å². The average molecular weight is 275 g/mol. The van der Waals surface area contributed by atoms with Crippen molar-refractivity contribution in [3.8, 4) is 0 Å². The average Bonchev–Trinajstić information content (AvgIpc) is 2.86. The molecule has 0 spiro atoms. The Hall–Kier alpha value is -2.18. The Morgan fingerprint density at radius 1 is 1.40 bits per heavy atom. The fraction of sp³-hybridized carbons (Fsp3) is 0.538. The van der Waals surface area contributed by atoms with Crippen LogP contribution in [0.3, 0.4) is 0 Å². The van der Waals surface area contributed by atoms with Crippen LogP contribution in [-0.4, -0.2) is 43.7 Å². The summed E-state index contributed by atoms with van der Waals surface area (Å²) in [4.78, 5) is 21.9. The maximum atomic E-state index is 11.3. The Morgan fingerprint density at radius 3 is 2.75 bits per heavy atom. The van der Waals surface area contributed by atoms with Crippen LogP contribution >= 0.6 is 0 Å². The van der Waals surface area contributed by atoms with Gasteiger partial charge in [-0.1, -0.05) is 0 Å². The summed E-state index contributed by atoms with van der Waals surface area (Å²) in [5, 5.41) is 13.5. The second-order valence-electron chi connectivity index (χ2n) is 5.58. The molecule has 1 N–H and O–H groups in total. The molecule has 20 heavy (non-hydrogen) atoms. The maximum Gasteiger partial charge on any atom is 0.309 e. The first kappa shape index (κ1) is 12.8. The van der Waals surface area contributed by atoms with E-state index in [0.717, 1.165) is 11.5 Å². The molecule has 3 rings (SSSR count). The Balaban J connectivity index is 1.90. The summed E-state index contributed by atoms with van der Waals surface area (Å²) in [6.45, 7) is 5.13. The van der Waals surface area contributed by atoms with E-state index in [1.54, 1.807) is 4.52 Å². The molecule has 0 bridgehead atoms. The third kappa shape index (κ3) is 1.99. The number of piperidine rings is 1. The molecule has 0 amide bonds. The predicted octanol–water partition coefficient (Wildman–Crippen LogP) is 1.12. The first-order valence-electron chi connectivity index (χ1n) is 6.65. The Bertz CT molecular complexity index is 658. The number of anilines is 1. The summed E-state index contributed by atoms with van der Waals surface area (Å²) in [7, 11) is 0. The fourth-order valence-electron chi connectivity index (χ4n) is 2.58. The van der Waals surface area contributed by atoms with Crippen molar-refractivity contribution in [1.29, 1.82) is 0 Å². The molecule has 1 saturated heterocycles. The number of hydrogen-bond acceptors (Lipinski definition) is 5. The quantitative estimate of drug-likeness (QED) is 0.884. The second kappa shape index (κ2) is 4.43. The molecule has 0 aliphatic carbocycles. The molecule has 1 fully saturated rings. The van der Waals surface area contributed by atoms with Gasteiger partial charge in [-0.3, -0.25) is 4.79 Å². The van der Waals surface area contributed by atoms with Crippen LogP contribution in [0.2, 0.25) is 0 Å². The highest BCUT2D eigenvalue weighted by atomic mass is 16.4. The van der Waals surface area contributed by atoms with Crippen molar-refractivity contribution in [2.24, 2.45) is 5.41 Å². The topological polar surface area (TPSA) is 83.6 Å². The number of hydrogen-bond donors (Lipinski definition) is 1. The van der Waals surface area contributed by atoms with Gasteiger partial charge in [-0.05, 0) is 26.7 Å². The van der Waals surface area contributed by atoms with Gasteiger partial charge >= 0.3 is 5.97 Å². The molecule has 3 heterocycles. The van der Waals surface area contributed by atoms with E-state index < -0.39 is 11.4 Å². The van der Waals surface area contributed by atoms with Crippen LogP contribution in [0.15, 0.2) is 12.4 Å². The van der Waals surface area contributed by atoms with E-state index in [-0.39, 0.29) is 0 Å². The first-order chi connectivity index (χ1) is 9.49. The number of carboxylic acids is 1. The maximum absolute atomic E-state index is 11.3. The number of aromatic nitrogens is 4. The van der Waals surface area contributed by atoms with Gasteiger partial charge in [-0.2, -0.15) is 14.6 Å². The van der Waals surface area contributed by atoms with Crippen molar-refractivity contribution in [2.45, 2.75) is 26.7 Å². The largest absolute Gasteiger partial charge is 0.481 e. The van der Waals surface area contributed by atoms with E-state index in [1.807, 2.05) is 19.9 Å². The lowest BCUT2D eigenvalue weighted by atomic mass is 9.80. The minimum atomic E-state index is -0.714. The van der Waals surface area contributed by atoms with Gasteiger partial charge in [0.15, 0.2) is 0 Å². The fourth-order valence-corrected chi connectivity index (χ4v) is 2.58. The van der Waals surface area contributed by atoms with Gasteiger partial charge in [0.25, 0.3) is 5.78 Å². The molecule has 1 aliphatic heterocycles. The highest BCUT2D eigenvalue weighted by molar-refractivity contribution is 5.74. The van der Waals surface area contributed by atoms with E-state index in [4.69, 9.17) is 0 Å². The Morgan fingerprint density at radius 2 is 2.10 bits per heavy atom. The molecule has 2 aromatic heterocycles. The number of nitrogens with zero attached hydrogens (tertiary/aromatic N) is 5. The lowest BCUT2D eigenvalue weighted by molar-refractivity contribution is -0.149. The van der Waals surface area contributed by atoms with Gasteiger partial charge in [-0.25, -0.2) is 4.98 Å². The molecular formula is C13H17N5O2. The van der Waals surface area contributed by atoms with E-state index in [1.165, 1.54) is 6.33 Å². The molecule has 2 aromatic rings. The highest BCUT2D eigenvalue weighted by Crippen LogP contribution is 2.33. The summed E-state index contributed by atoms with van der Waals surface area (Å²) >= 11 is 0. The monoisotopic (exact) mass is 275 g/mol. The SMILES string of the molecule is Cc1cc(N2CCC(C)(C(=O)O)CC2)n2ncnc2n1. The molecule has 0 radical (unpaired) electrons. The third-order valence-corrected chi connectivity index (χ3v) is 4.07. The van der Waals surface area contributed by atoms with E-state index in [0.29, 0.717) is 31.7 Å². The van der Waals surface area contributed by atoms with E-state index in [9.17, 15) is 9.90 Å². The minimum Gasteiger partial charge on any atom is -0.481 e. The second-order valence-corrected chi connectivity index (χ2v) is 5.58. The molecule has 7 heteroatoms. The van der Waals surface area contributed by atoms with Crippen molar-refractivity contribution in [3.05, 3.63) is 18.1 Å². The van der Waals surface area contributed by atoms with Crippen LogP contribution in [0.5, 0.6) is 0 Å². The smallest absolute Gasteiger partial charge is 0.309 e.